The Bertz CT molecular complexity index is 852. The molecular formula is C17H17ClN4OS. The van der Waals surface area contributed by atoms with E-state index in [4.69, 9.17) is 16.3 Å². The van der Waals surface area contributed by atoms with Gasteiger partial charge in [-0.05, 0) is 53.6 Å². The summed E-state index contributed by atoms with van der Waals surface area (Å²) in [4.78, 5) is 0. The van der Waals surface area contributed by atoms with Crippen molar-refractivity contribution in [1.82, 2.24) is 20.2 Å². The molecule has 5 nitrogen and oxygen atoms in total. The van der Waals surface area contributed by atoms with Gasteiger partial charge in [0.2, 0.25) is 5.16 Å². The van der Waals surface area contributed by atoms with Crippen LogP contribution in [0.3, 0.4) is 0 Å². The van der Waals surface area contributed by atoms with Gasteiger partial charge in [-0.25, -0.2) is 0 Å². The monoisotopic (exact) mass is 360 g/mol. The second-order valence-electron chi connectivity index (χ2n) is 5.33. The molecule has 0 bridgehead atoms. The lowest BCUT2D eigenvalue weighted by molar-refractivity contribution is 0.410. The summed E-state index contributed by atoms with van der Waals surface area (Å²) in [7, 11) is 1.64. The van der Waals surface area contributed by atoms with E-state index >= 15 is 0 Å². The van der Waals surface area contributed by atoms with Crippen molar-refractivity contribution in [2.75, 3.05) is 7.11 Å². The van der Waals surface area contributed by atoms with Crippen molar-refractivity contribution < 1.29 is 4.74 Å². The highest BCUT2D eigenvalue weighted by Crippen LogP contribution is 2.38. The van der Waals surface area contributed by atoms with E-state index in [1.54, 1.807) is 23.6 Å². The van der Waals surface area contributed by atoms with E-state index in [0.717, 1.165) is 27.6 Å². The fourth-order valence-electron chi connectivity index (χ4n) is 2.40. The van der Waals surface area contributed by atoms with Crippen molar-refractivity contribution in [1.29, 1.82) is 0 Å². The van der Waals surface area contributed by atoms with Gasteiger partial charge in [0.1, 0.15) is 11.4 Å². The lowest BCUT2D eigenvalue weighted by Crippen LogP contribution is -2.03. The maximum Gasteiger partial charge on any atom is 0.214 e. The zero-order chi connectivity index (χ0) is 17.1. The van der Waals surface area contributed by atoms with E-state index in [1.165, 1.54) is 0 Å². The number of hydrogen-bond acceptors (Lipinski definition) is 5. The van der Waals surface area contributed by atoms with E-state index in [0.29, 0.717) is 5.16 Å². The number of rotatable bonds is 5. The fourth-order valence-corrected chi connectivity index (χ4v) is 3.73. The lowest BCUT2D eigenvalue weighted by atomic mass is 10.2. The summed E-state index contributed by atoms with van der Waals surface area (Å²) in [5, 5.41) is 13.6. The van der Waals surface area contributed by atoms with E-state index < -0.39 is 0 Å². The molecule has 0 saturated carbocycles. The smallest absolute Gasteiger partial charge is 0.214 e. The standard InChI is InChI=1S/C17H17ClN4OS/c1-11-8-9-16(23-3)15(10-11)22-17(19-20-21-22)24-12(2)13-6-4-5-7-14(13)18/h4-10,12H,1-3H3. The van der Waals surface area contributed by atoms with Gasteiger partial charge in [0.15, 0.2) is 0 Å². The number of thioether (sulfide) groups is 1. The number of aryl methyl sites for hydroxylation is 1. The average molecular weight is 361 g/mol. The molecule has 2 aromatic carbocycles. The van der Waals surface area contributed by atoms with Crippen molar-refractivity contribution in [2.45, 2.75) is 24.3 Å². The minimum atomic E-state index is 0.110. The third-order valence-electron chi connectivity index (χ3n) is 3.63. The van der Waals surface area contributed by atoms with E-state index in [1.807, 2.05) is 49.4 Å². The summed E-state index contributed by atoms with van der Waals surface area (Å²) >= 11 is 7.84. The van der Waals surface area contributed by atoms with Crippen molar-refractivity contribution in [3.63, 3.8) is 0 Å². The molecule has 0 aliphatic rings. The Kier molecular flexibility index (Phi) is 5.06. The Morgan fingerprint density at radius 1 is 1.21 bits per heavy atom. The predicted molar refractivity (Wildman–Crippen MR) is 96.2 cm³/mol. The van der Waals surface area contributed by atoms with Crippen molar-refractivity contribution >= 4 is 23.4 Å². The van der Waals surface area contributed by atoms with Crippen molar-refractivity contribution in [3.05, 3.63) is 58.6 Å². The van der Waals surface area contributed by atoms with E-state index in [-0.39, 0.29) is 5.25 Å². The van der Waals surface area contributed by atoms with Gasteiger partial charge >= 0.3 is 0 Å². The Hall–Kier alpha value is -2.05. The molecule has 1 heterocycles. The van der Waals surface area contributed by atoms with E-state index in [2.05, 4.69) is 22.4 Å². The largest absolute Gasteiger partial charge is 0.494 e. The number of tetrazole rings is 1. The Balaban J connectivity index is 1.94. The molecule has 0 saturated heterocycles. The Labute approximate surface area is 150 Å². The maximum absolute atomic E-state index is 6.29. The SMILES string of the molecule is COc1ccc(C)cc1-n1nnnc1SC(C)c1ccccc1Cl. The number of nitrogens with zero attached hydrogens (tertiary/aromatic N) is 4. The second-order valence-corrected chi connectivity index (χ2v) is 7.05. The van der Waals surface area contributed by atoms with Gasteiger partial charge in [0.05, 0.1) is 7.11 Å². The van der Waals surface area contributed by atoms with Crippen LogP contribution in [-0.2, 0) is 0 Å². The van der Waals surface area contributed by atoms with Gasteiger partial charge in [-0.3, -0.25) is 0 Å². The zero-order valence-corrected chi connectivity index (χ0v) is 15.2. The topological polar surface area (TPSA) is 52.8 Å². The van der Waals surface area contributed by atoms with Crippen LogP contribution in [0.2, 0.25) is 5.02 Å². The molecule has 0 N–H and O–H groups in total. The number of methoxy groups -OCH3 is 1. The van der Waals surface area contributed by atoms with Gasteiger partial charge in [0, 0.05) is 10.3 Å². The first kappa shape index (κ1) is 16.8. The Morgan fingerprint density at radius 2 is 2.00 bits per heavy atom. The summed E-state index contributed by atoms with van der Waals surface area (Å²) in [5.74, 6) is 0.722. The molecule has 3 aromatic rings. The summed E-state index contributed by atoms with van der Waals surface area (Å²) in [6.45, 7) is 4.10. The number of ether oxygens (including phenoxy) is 1. The molecule has 24 heavy (non-hydrogen) atoms. The molecule has 3 rings (SSSR count). The van der Waals surface area contributed by atoms with Crippen LogP contribution in [0, 0.1) is 6.92 Å². The van der Waals surface area contributed by atoms with Crippen LogP contribution in [0.5, 0.6) is 5.75 Å². The minimum Gasteiger partial charge on any atom is -0.494 e. The van der Waals surface area contributed by atoms with Gasteiger partial charge < -0.3 is 4.74 Å². The first-order chi connectivity index (χ1) is 11.6. The molecule has 0 radical (unpaired) electrons. The first-order valence-corrected chi connectivity index (χ1v) is 8.70. The quantitative estimate of drug-likeness (QED) is 0.627. The number of benzene rings is 2. The van der Waals surface area contributed by atoms with Crippen LogP contribution in [-0.4, -0.2) is 27.3 Å². The lowest BCUT2D eigenvalue weighted by Gasteiger charge is -2.14. The molecular weight excluding hydrogens is 344 g/mol. The Morgan fingerprint density at radius 3 is 2.75 bits per heavy atom. The zero-order valence-electron chi connectivity index (χ0n) is 13.6. The summed E-state index contributed by atoms with van der Waals surface area (Å²) in [6, 6.07) is 13.7. The third-order valence-corrected chi connectivity index (χ3v) is 5.05. The second kappa shape index (κ2) is 7.23. The molecule has 0 aliphatic carbocycles. The highest BCUT2D eigenvalue weighted by molar-refractivity contribution is 7.99. The van der Waals surface area contributed by atoms with Crippen LogP contribution < -0.4 is 4.74 Å². The third kappa shape index (κ3) is 3.39. The van der Waals surface area contributed by atoms with Crippen LogP contribution in [0.15, 0.2) is 47.6 Å². The summed E-state index contributed by atoms with van der Waals surface area (Å²) in [6.07, 6.45) is 0. The van der Waals surface area contributed by atoms with Gasteiger partial charge in [-0.15, -0.1) is 5.10 Å². The highest BCUT2D eigenvalue weighted by atomic mass is 35.5. The predicted octanol–water partition coefficient (Wildman–Crippen LogP) is 4.49. The van der Waals surface area contributed by atoms with Crippen LogP contribution >= 0.6 is 23.4 Å². The molecule has 7 heteroatoms. The number of aromatic nitrogens is 4. The molecule has 1 aromatic heterocycles. The van der Waals surface area contributed by atoms with Crippen molar-refractivity contribution in [2.24, 2.45) is 0 Å². The van der Waals surface area contributed by atoms with Crippen LogP contribution in [0.1, 0.15) is 23.3 Å². The molecule has 0 aliphatic heterocycles. The molecule has 0 fully saturated rings. The molecule has 1 unspecified atom stereocenters. The molecule has 124 valence electrons. The van der Waals surface area contributed by atoms with Gasteiger partial charge in [0.25, 0.3) is 0 Å². The molecule has 0 amide bonds. The summed E-state index contributed by atoms with van der Waals surface area (Å²) < 4.78 is 7.14. The minimum absolute atomic E-state index is 0.110. The van der Waals surface area contributed by atoms with Crippen LogP contribution in [0.4, 0.5) is 0 Å². The van der Waals surface area contributed by atoms with Gasteiger partial charge in [-0.2, -0.15) is 4.68 Å². The fraction of sp³-hybridized carbons (Fsp3) is 0.235. The maximum atomic E-state index is 6.29. The number of halogens is 1. The molecule has 0 spiro atoms. The highest BCUT2D eigenvalue weighted by Gasteiger charge is 2.18. The normalized spacial score (nSPS) is 12.2. The van der Waals surface area contributed by atoms with E-state index in [9.17, 15) is 0 Å². The first-order valence-electron chi connectivity index (χ1n) is 7.44. The van der Waals surface area contributed by atoms with Crippen LogP contribution in [0.25, 0.3) is 5.69 Å². The average Bonchev–Trinajstić information content (AvgIpc) is 3.03. The van der Waals surface area contributed by atoms with Crippen molar-refractivity contribution in [3.8, 4) is 11.4 Å². The summed E-state index contributed by atoms with van der Waals surface area (Å²) in [5.41, 5.74) is 2.97. The number of hydrogen-bond donors (Lipinski definition) is 0. The molecule has 1 atom stereocenters. The van der Waals surface area contributed by atoms with Gasteiger partial charge in [-0.1, -0.05) is 47.6 Å².